The van der Waals surface area contributed by atoms with Crippen molar-refractivity contribution in [2.75, 3.05) is 0 Å². The first-order valence-electron chi connectivity index (χ1n) is 58.6. The summed E-state index contributed by atoms with van der Waals surface area (Å²) in [5.74, 6) is 4.70. The number of rotatable bonds is 97. The first-order valence-corrected chi connectivity index (χ1v) is 60.8. The highest BCUT2D eigenvalue weighted by atomic mass is 33.1. The van der Waals surface area contributed by atoms with Crippen molar-refractivity contribution in [3.05, 3.63) is 104 Å². The fourth-order valence-electron chi connectivity index (χ4n) is 21.0. The highest BCUT2D eigenvalue weighted by molar-refractivity contribution is 8.76. The van der Waals surface area contributed by atoms with Crippen molar-refractivity contribution in [1.29, 1.82) is 0 Å². The fraction of sp³-hybridized carbons (Fsp3) is 0.806. The zero-order chi connectivity index (χ0) is 91.4. The molecule has 0 radical (unpaired) electrons. The van der Waals surface area contributed by atoms with E-state index in [0.717, 1.165) is 37.2 Å². The van der Waals surface area contributed by atoms with Gasteiger partial charge in [0.2, 0.25) is 0 Å². The van der Waals surface area contributed by atoms with Crippen molar-refractivity contribution < 1.29 is 9.47 Å². The van der Waals surface area contributed by atoms with Gasteiger partial charge in [0.15, 0.2) is 0 Å². The molecule has 0 saturated heterocycles. The zero-order valence-electron chi connectivity index (χ0n) is 87.9. The molecule has 0 spiro atoms. The minimum atomic E-state index is 1.04. The van der Waals surface area contributed by atoms with Gasteiger partial charge in [-0.1, -0.05) is 552 Å². The Labute approximate surface area is 809 Å². The van der Waals surface area contributed by atoms with E-state index in [4.69, 9.17) is 9.47 Å². The van der Waals surface area contributed by atoms with E-state index in [0.29, 0.717) is 0 Å². The Morgan fingerprint density at radius 3 is 0.422 bits per heavy atom. The zero-order valence-corrected chi connectivity index (χ0v) is 89.5. The number of hydrogen-bond donors (Lipinski definition) is 0. The smallest absolute Gasteiger partial charge is 0.134 e. The van der Waals surface area contributed by atoms with E-state index in [-0.39, 0.29) is 0 Å². The molecular weight excluding hydrogens is 1590 g/mol. The average Bonchev–Trinajstić information content (AvgIpc) is 0.768. The average molecular weight is 1810 g/mol. The maximum absolute atomic E-state index is 8.04. The van der Waals surface area contributed by atoms with Gasteiger partial charge in [0, 0.05) is 9.79 Å². The van der Waals surface area contributed by atoms with Gasteiger partial charge in [0.25, 0.3) is 0 Å². The predicted molar refractivity (Wildman–Crippen MR) is 581 cm³/mol. The van der Waals surface area contributed by atoms with Crippen LogP contribution in [0.5, 0.6) is 23.0 Å². The minimum absolute atomic E-state index is 1.04. The Kier molecular flexibility index (Phi) is 79.8. The molecule has 0 heterocycles. The molecule has 0 fully saturated rings. The summed E-state index contributed by atoms with van der Waals surface area (Å²) in [5, 5.41) is 0. The van der Waals surface area contributed by atoms with E-state index < -0.39 is 0 Å². The largest absolute Gasteiger partial charge is 0.457 e. The van der Waals surface area contributed by atoms with Crippen LogP contribution in [0.3, 0.4) is 0 Å². The summed E-state index contributed by atoms with van der Waals surface area (Å²) >= 11 is 0. The van der Waals surface area contributed by atoms with Gasteiger partial charge in [-0.2, -0.15) is 0 Å². The lowest BCUT2D eigenvalue weighted by Gasteiger charge is -2.28. The van der Waals surface area contributed by atoms with Gasteiger partial charge in [0.05, 0.1) is 0 Å². The predicted octanol–water partition coefficient (Wildman–Crippen LogP) is 44.9. The lowest BCUT2D eigenvalue weighted by Crippen LogP contribution is -2.13. The molecule has 0 aromatic heterocycles. The van der Waals surface area contributed by atoms with E-state index in [1.807, 2.05) is 32.7 Å². The fourth-order valence-corrected chi connectivity index (χ4v) is 23.0. The van der Waals surface area contributed by atoms with Crippen LogP contribution in [0.4, 0.5) is 0 Å². The van der Waals surface area contributed by atoms with Gasteiger partial charge < -0.3 is 9.47 Å². The van der Waals surface area contributed by atoms with E-state index in [1.54, 1.807) is 44.5 Å². The molecule has 4 rings (SSSR count). The van der Waals surface area contributed by atoms with Crippen molar-refractivity contribution >= 4 is 21.6 Å². The summed E-state index contributed by atoms with van der Waals surface area (Å²) in [6.07, 6.45) is 121. The van der Waals surface area contributed by atoms with Crippen LogP contribution in [0, 0.1) is 0 Å². The summed E-state index contributed by atoms with van der Waals surface area (Å²) in [6, 6.07) is 19.0. The third-order valence-corrected chi connectivity index (χ3v) is 31.5. The van der Waals surface area contributed by atoms with E-state index in [1.165, 1.54) is 573 Å². The molecule has 738 valence electrons. The monoisotopic (exact) mass is 1800 g/mol. The van der Waals surface area contributed by atoms with E-state index in [2.05, 4.69) is 118 Å². The van der Waals surface area contributed by atoms with Crippen molar-refractivity contribution in [1.82, 2.24) is 0 Å². The van der Waals surface area contributed by atoms with Crippen molar-refractivity contribution in [2.45, 2.75) is 657 Å². The summed E-state index contributed by atoms with van der Waals surface area (Å²) < 4.78 is 16.1. The minimum Gasteiger partial charge on any atom is -0.457 e. The molecule has 0 unspecified atom stereocenters. The third-order valence-electron chi connectivity index (χ3n) is 29.1. The maximum atomic E-state index is 8.04. The van der Waals surface area contributed by atoms with Crippen molar-refractivity contribution in [3.8, 4) is 23.0 Å². The van der Waals surface area contributed by atoms with Crippen LogP contribution in [-0.4, -0.2) is 0 Å². The molecule has 0 atom stereocenters. The first-order chi connectivity index (χ1) is 63.4. The molecule has 0 aliphatic rings. The Balaban J connectivity index is 2.00. The SMILES string of the molecule is CCCCCCCCCCc1c(CCCCCCCCCC)c(CCCCCCCCCC)c(Oc2cccc(SSc3cccc(Oc4c(CCCCCCCCCC)c(CCCCCCCCCC)c(CCCCCCCCCC)c(CCCCCCCCCC)c4CCCCCCCCCC)c3)c2)c(CCCCCCCCCC)c1CCCCCCCCCC. The van der Waals surface area contributed by atoms with Crippen LogP contribution < -0.4 is 9.47 Å². The summed E-state index contributed by atoms with van der Waals surface area (Å²) in [4.78, 5) is 2.56. The van der Waals surface area contributed by atoms with Crippen LogP contribution in [0.1, 0.15) is 639 Å². The second kappa shape index (κ2) is 87.0. The third kappa shape index (κ3) is 57.9. The van der Waals surface area contributed by atoms with Crippen LogP contribution in [0.15, 0.2) is 58.3 Å². The van der Waals surface area contributed by atoms with Crippen LogP contribution in [0.25, 0.3) is 0 Å². The normalized spacial score (nSPS) is 11.7. The quantitative estimate of drug-likeness (QED) is 0.0324. The molecule has 4 aromatic rings. The molecular formula is C124H218O2S2. The Morgan fingerprint density at radius 2 is 0.273 bits per heavy atom. The van der Waals surface area contributed by atoms with E-state index in [9.17, 15) is 0 Å². The van der Waals surface area contributed by atoms with Crippen molar-refractivity contribution in [3.63, 3.8) is 0 Å². The standard InChI is InChI=1S/C124H218O2S2/c1-11-21-31-41-51-61-71-81-97-113-115(99-83-73-63-53-43-33-23-13-3)119(103-87-77-67-57-47-37-27-17-7)123(120(104-88-78-68-58-48-38-28-18-8)116(113)100-84-74-64-54-44-34-24-14-4)125-109-93-91-95-111(107-109)127-128-112-96-92-94-110(108-112)126-124-121(105-89-79-69-59-49-39-29-19-9)117(101-85-75-65-55-45-35-25-15-5)114(98-82-72-62-52-42-32-22-12-2)118(102-86-76-66-56-46-36-26-16-6)122(124)106-90-80-70-60-50-40-30-20-10/h91-96,107-108H,11-90,97-106H2,1-10H3. The van der Waals surface area contributed by atoms with Crippen LogP contribution in [0.2, 0.25) is 0 Å². The molecule has 0 aliphatic carbocycles. The Morgan fingerprint density at radius 1 is 0.148 bits per heavy atom. The Hall–Kier alpha value is -2.82. The molecule has 2 nitrogen and oxygen atoms in total. The first kappa shape index (κ1) is 117. The van der Waals surface area contributed by atoms with Crippen LogP contribution in [-0.2, 0) is 64.2 Å². The summed E-state index contributed by atoms with van der Waals surface area (Å²) in [7, 11) is 3.87. The van der Waals surface area contributed by atoms with Gasteiger partial charge in [-0.3, -0.25) is 0 Å². The molecule has 0 aliphatic heterocycles. The van der Waals surface area contributed by atoms with Gasteiger partial charge >= 0.3 is 0 Å². The molecule has 0 N–H and O–H groups in total. The second-order valence-electron chi connectivity index (χ2n) is 41.0. The summed E-state index contributed by atoms with van der Waals surface area (Å²) in [6.45, 7) is 23.7. The lowest BCUT2D eigenvalue weighted by atomic mass is 9.80. The highest BCUT2D eigenvalue weighted by Gasteiger charge is 2.28. The number of hydrogen-bond acceptors (Lipinski definition) is 4. The van der Waals surface area contributed by atoms with E-state index >= 15 is 0 Å². The van der Waals surface area contributed by atoms with Crippen LogP contribution >= 0.6 is 21.6 Å². The maximum Gasteiger partial charge on any atom is 0.134 e. The topological polar surface area (TPSA) is 18.5 Å². The summed E-state index contributed by atoms with van der Waals surface area (Å²) in [5.41, 5.74) is 17.2. The molecule has 0 saturated carbocycles. The van der Waals surface area contributed by atoms with Crippen molar-refractivity contribution in [2.24, 2.45) is 0 Å². The molecule has 128 heavy (non-hydrogen) atoms. The molecule has 0 amide bonds. The highest BCUT2D eigenvalue weighted by Crippen LogP contribution is 2.47. The van der Waals surface area contributed by atoms with Gasteiger partial charge in [0.1, 0.15) is 23.0 Å². The molecule has 0 bridgehead atoms. The lowest BCUT2D eigenvalue weighted by molar-refractivity contribution is 0.459. The number of ether oxygens (including phenoxy) is 2. The van der Waals surface area contributed by atoms with Gasteiger partial charge in [-0.05, 0) is 220 Å². The second-order valence-corrected chi connectivity index (χ2v) is 43.3. The van der Waals surface area contributed by atoms with Gasteiger partial charge in [-0.25, -0.2) is 0 Å². The number of unbranched alkanes of at least 4 members (excludes halogenated alkanes) is 70. The molecule has 4 aromatic carbocycles. The van der Waals surface area contributed by atoms with Gasteiger partial charge in [-0.15, -0.1) is 0 Å². The Bertz CT molecular complexity index is 2760. The number of benzene rings is 4. The molecule has 4 heteroatoms.